The Balaban J connectivity index is 1.66. The summed E-state index contributed by atoms with van der Waals surface area (Å²) >= 11 is 0. The summed E-state index contributed by atoms with van der Waals surface area (Å²) in [6.45, 7) is 4.19. The molecule has 1 N–H and O–H groups in total. The smallest absolute Gasteiger partial charge is 0.161 e. The van der Waals surface area contributed by atoms with Gasteiger partial charge in [0.2, 0.25) is 0 Å². The summed E-state index contributed by atoms with van der Waals surface area (Å²) < 4.78 is 16.1. The lowest BCUT2D eigenvalue weighted by atomic mass is 10.1. The van der Waals surface area contributed by atoms with E-state index in [1.165, 1.54) is 5.56 Å². The molecule has 0 spiro atoms. The molecule has 0 saturated heterocycles. The molecule has 0 aromatic heterocycles. The monoisotopic (exact) mass is 265 g/mol. The number of hydrogen-bond donors (Lipinski definition) is 1. The molecule has 1 aromatic rings. The van der Waals surface area contributed by atoms with E-state index in [-0.39, 0.29) is 0 Å². The summed E-state index contributed by atoms with van der Waals surface area (Å²) in [4.78, 5) is 0. The molecule has 1 aliphatic heterocycles. The van der Waals surface area contributed by atoms with Gasteiger partial charge in [-0.1, -0.05) is 6.07 Å². The van der Waals surface area contributed by atoms with Crippen molar-refractivity contribution in [3.63, 3.8) is 0 Å². The molecule has 4 nitrogen and oxygen atoms in total. The fraction of sp³-hybridized carbons (Fsp3) is 0.600. The summed E-state index contributed by atoms with van der Waals surface area (Å²) in [5.41, 5.74) is 1.29. The van der Waals surface area contributed by atoms with Gasteiger partial charge >= 0.3 is 0 Å². The Hall–Kier alpha value is -1.26. The van der Waals surface area contributed by atoms with E-state index in [2.05, 4.69) is 17.4 Å². The minimum absolute atomic E-state index is 0.647. The van der Waals surface area contributed by atoms with Gasteiger partial charge in [-0.3, -0.25) is 0 Å². The Labute approximate surface area is 115 Å². The largest absolute Gasteiger partial charge is 0.486 e. The first-order valence-corrected chi connectivity index (χ1v) is 6.98. The highest BCUT2D eigenvalue weighted by Crippen LogP contribution is 2.30. The summed E-state index contributed by atoms with van der Waals surface area (Å²) in [6, 6.07) is 6.20. The highest BCUT2D eigenvalue weighted by atomic mass is 16.6. The van der Waals surface area contributed by atoms with Crippen LogP contribution >= 0.6 is 0 Å². The zero-order valence-electron chi connectivity index (χ0n) is 11.6. The third-order valence-corrected chi connectivity index (χ3v) is 3.15. The van der Waals surface area contributed by atoms with E-state index in [1.807, 2.05) is 6.07 Å². The van der Waals surface area contributed by atoms with Crippen LogP contribution in [0.1, 0.15) is 18.4 Å². The number of rotatable bonds is 8. The Morgan fingerprint density at radius 2 is 1.95 bits per heavy atom. The van der Waals surface area contributed by atoms with Gasteiger partial charge in [0.15, 0.2) is 11.5 Å². The molecule has 19 heavy (non-hydrogen) atoms. The van der Waals surface area contributed by atoms with Crippen molar-refractivity contribution in [2.24, 2.45) is 0 Å². The fourth-order valence-corrected chi connectivity index (χ4v) is 2.10. The van der Waals surface area contributed by atoms with Crippen LogP contribution in [-0.4, -0.2) is 40.0 Å². The third-order valence-electron chi connectivity index (χ3n) is 3.15. The number of nitrogens with one attached hydrogen (secondary N) is 1. The quantitative estimate of drug-likeness (QED) is 0.730. The Morgan fingerprint density at radius 3 is 2.79 bits per heavy atom. The molecule has 1 aromatic carbocycles. The molecule has 0 amide bonds. The van der Waals surface area contributed by atoms with Crippen LogP contribution in [-0.2, 0) is 11.2 Å². The molecule has 0 aliphatic carbocycles. The predicted octanol–water partition coefficient (Wildman–Crippen LogP) is 2.02. The van der Waals surface area contributed by atoms with Crippen LogP contribution < -0.4 is 14.8 Å². The molecule has 1 aliphatic rings. The van der Waals surface area contributed by atoms with Gasteiger partial charge in [-0.25, -0.2) is 0 Å². The van der Waals surface area contributed by atoms with E-state index in [0.717, 1.165) is 50.5 Å². The SMILES string of the molecule is COCCCCNCCc1ccc2c(c1)OCCO2. The standard InChI is InChI=1S/C15H23NO3/c1-17-9-3-2-7-16-8-6-13-4-5-14-15(12-13)19-11-10-18-14/h4-5,12,16H,2-3,6-11H2,1H3. The molecule has 0 atom stereocenters. The molecule has 4 heteroatoms. The van der Waals surface area contributed by atoms with E-state index in [1.54, 1.807) is 7.11 Å². The van der Waals surface area contributed by atoms with Crippen LogP contribution in [0.2, 0.25) is 0 Å². The van der Waals surface area contributed by atoms with Gasteiger partial charge < -0.3 is 19.5 Å². The van der Waals surface area contributed by atoms with Crippen LogP contribution in [0.3, 0.4) is 0 Å². The summed E-state index contributed by atoms with van der Waals surface area (Å²) in [6.07, 6.45) is 3.30. The van der Waals surface area contributed by atoms with Gasteiger partial charge in [0.25, 0.3) is 0 Å². The topological polar surface area (TPSA) is 39.7 Å². The van der Waals surface area contributed by atoms with Crippen LogP contribution in [0.4, 0.5) is 0 Å². The number of benzene rings is 1. The average Bonchev–Trinajstić information content (AvgIpc) is 2.46. The lowest BCUT2D eigenvalue weighted by Gasteiger charge is -2.18. The molecular formula is C15H23NO3. The highest BCUT2D eigenvalue weighted by molar-refractivity contribution is 5.43. The molecule has 0 bridgehead atoms. The van der Waals surface area contributed by atoms with Crippen molar-refractivity contribution in [2.75, 3.05) is 40.0 Å². The minimum atomic E-state index is 0.647. The van der Waals surface area contributed by atoms with Gasteiger partial charge in [0.1, 0.15) is 13.2 Å². The van der Waals surface area contributed by atoms with Gasteiger partial charge in [0.05, 0.1) is 0 Å². The molecule has 0 radical (unpaired) electrons. The zero-order valence-corrected chi connectivity index (χ0v) is 11.6. The second-order valence-corrected chi connectivity index (χ2v) is 4.68. The second kappa shape index (κ2) is 8.02. The maximum absolute atomic E-state index is 5.58. The van der Waals surface area contributed by atoms with E-state index in [9.17, 15) is 0 Å². The molecule has 2 rings (SSSR count). The van der Waals surface area contributed by atoms with Crippen molar-refractivity contribution in [3.05, 3.63) is 23.8 Å². The molecule has 106 valence electrons. The number of ether oxygens (including phenoxy) is 3. The summed E-state index contributed by atoms with van der Waals surface area (Å²) in [5, 5.41) is 3.45. The molecule has 1 heterocycles. The van der Waals surface area contributed by atoms with Gasteiger partial charge in [-0.05, 0) is 50.0 Å². The van der Waals surface area contributed by atoms with Crippen LogP contribution in [0.5, 0.6) is 11.5 Å². The molecule has 0 unspecified atom stereocenters. The number of hydrogen-bond acceptors (Lipinski definition) is 4. The molecular weight excluding hydrogens is 242 g/mol. The Kier molecular flexibility index (Phi) is 5.98. The maximum Gasteiger partial charge on any atom is 0.161 e. The first-order valence-electron chi connectivity index (χ1n) is 6.98. The average molecular weight is 265 g/mol. The third kappa shape index (κ3) is 4.73. The number of methoxy groups -OCH3 is 1. The minimum Gasteiger partial charge on any atom is -0.486 e. The van der Waals surface area contributed by atoms with E-state index >= 15 is 0 Å². The first-order chi connectivity index (χ1) is 9.40. The lowest BCUT2D eigenvalue weighted by molar-refractivity contribution is 0.171. The van der Waals surface area contributed by atoms with Crippen molar-refractivity contribution in [1.29, 1.82) is 0 Å². The fourth-order valence-electron chi connectivity index (χ4n) is 2.10. The van der Waals surface area contributed by atoms with Crippen LogP contribution in [0, 0.1) is 0 Å². The van der Waals surface area contributed by atoms with Gasteiger partial charge in [-0.15, -0.1) is 0 Å². The number of unbranched alkanes of at least 4 members (excludes halogenated alkanes) is 1. The van der Waals surface area contributed by atoms with Gasteiger partial charge in [-0.2, -0.15) is 0 Å². The Bertz CT molecular complexity index is 382. The van der Waals surface area contributed by atoms with Crippen LogP contribution in [0.15, 0.2) is 18.2 Å². The Morgan fingerprint density at radius 1 is 1.11 bits per heavy atom. The molecule has 0 fully saturated rings. The second-order valence-electron chi connectivity index (χ2n) is 4.68. The van der Waals surface area contributed by atoms with Crippen molar-refractivity contribution >= 4 is 0 Å². The molecule has 0 saturated carbocycles. The van der Waals surface area contributed by atoms with E-state index in [0.29, 0.717) is 13.2 Å². The van der Waals surface area contributed by atoms with Crippen molar-refractivity contribution in [2.45, 2.75) is 19.3 Å². The van der Waals surface area contributed by atoms with Crippen molar-refractivity contribution in [1.82, 2.24) is 5.32 Å². The summed E-state index contributed by atoms with van der Waals surface area (Å²) in [7, 11) is 1.75. The van der Waals surface area contributed by atoms with Crippen LogP contribution in [0.25, 0.3) is 0 Å². The van der Waals surface area contributed by atoms with Crippen molar-refractivity contribution < 1.29 is 14.2 Å². The number of fused-ring (bicyclic) bond motifs is 1. The van der Waals surface area contributed by atoms with E-state index in [4.69, 9.17) is 14.2 Å². The van der Waals surface area contributed by atoms with E-state index < -0.39 is 0 Å². The maximum atomic E-state index is 5.58. The normalized spacial score (nSPS) is 13.5. The van der Waals surface area contributed by atoms with Gasteiger partial charge in [0, 0.05) is 13.7 Å². The zero-order chi connectivity index (χ0) is 13.3. The first kappa shape index (κ1) is 14.2. The highest BCUT2D eigenvalue weighted by Gasteiger charge is 2.11. The predicted molar refractivity (Wildman–Crippen MR) is 75.1 cm³/mol. The summed E-state index contributed by atoms with van der Waals surface area (Å²) in [5.74, 6) is 1.74. The lowest BCUT2D eigenvalue weighted by Crippen LogP contribution is -2.19. The van der Waals surface area contributed by atoms with Crippen molar-refractivity contribution in [3.8, 4) is 11.5 Å².